The van der Waals surface area contributed by atoms with E-state index in [1.54, 1.807) is 0 Å². The third kappa shape index (κ3) is 5.54. The molecule has 2 fully saturated rings. The zero-order valence-electron chi connectivity index (χ0n) is 14.7. The first-order valence-electron chi connectivity index (χ1n) is 8.92. The number of hydrogen-bond donors (Lipinski definition) is 1. The summed E-state index contributed by atoms with van der Waals surface area (Å²) in [5, 5.41) is 3.70. The SMILES string of the molecule is CC(C)CNCC1(CN2CCCC(C)(C)C2)CCCOC1. The number of likely N-dealkylation sites (tertiary alicyclic amines) is 1. The van der Waals surface area contributed by atoms with Gasteiger partial charge in [-0.25, -0.2) is 0 Å². The van der Waals surface area contributed by atoms with Crippen molar-refractivity contribution < 1.29 is 4.74 Å². The third-order valence-electron chi connectivity index (χ3n) is 5.00. The van der Waals surface area contributed by atoms with E-state index in [-0.39, 0.29) is 0 Å². The summed E-state index contributed by atoms with van der Waals surface area (Å²) in [6.07, 6.45) is 5.26. The zero-order chi connectivity index (χ0) is 15.3. The molecule has 2 aliphatic rings. The number of ether oxygens (including phenoxy) is 1. The Morgan fingerprint density at radius 2 is 2.00 bits per heavy atom. The number of nitrogens with one attached hydrogen (secondary N) is 1. The Labute approximate surface area is 131 Å². The maximum atomic E-state index is 5.87. The topological polar surface area (TPSA) is 24.5 Å². The molecule has 0 aliphatic carbocycles. The average Bonchev–Trinajstić information content (AvgIpc) is 2.38. The molecule has 0 aromatic rings. The normalized spacial score (nSPS) is 30.7. The van der Waals surface area contributed by atoms with E-state index < -0.39 is 0 Å². The summed E-state index contributed by atoms with van der Waals surface area (Å²) in [4.78, 5) is 2.70. The summed E-state index contributed by atoms with van der Waals surface area (Å²) >= 11 is 0. The number of piperidine rings is 1. The molecule has 2 rings (SSSR count). The molecule has 0 aromatic heterocycles. The van der Waals surface area contributed by atoms with Crippen LogP contribution in [0.15, 0.2) is 0 Å². The van der Waals surface area contributed by atoms with E-state index in [1.807, 2.05) is 0 Å². The van der Waals surface area contributed by atoms with E-state index in [9.17, 15) is 0 Å². The fourth-order valence-electron chi connectivity index (χ4n) is 4.01. The van der Waals surface area contributed by atoms with Crippen LogP contribution in [0.2, 0.25) is 0 Å². The highest BCUT2D eigenvalue weighted by atomic mass is 16.5. The van der Waals surface area contributed by atoms with Gasteiger partial charge < -0.3 is 15.0 Å². The van der Waals surface area contributed by atoms with Crippen molar-refractivity contribution in [1.82, 2.24) is 10.2 Å². The molecule has 2 heterocycles. The van der Waals surface area contributed by atoms with Gasteiger partial charge in [-0.15, -0.1) is 0 Å². The molecule has 0 saturated carbocycles. The van der Waals surface area contributed by atoms with E-state index in [4.69, 9.17) is 4.74 Å². The Morgan fingerprint density at radius 3 is 2.62 bits per heavy atom. The lowest BCUT2D eigenvalue weighted by atomic mass is 9.79. The van der Waals surface area contributed by atoms with Crippen LogP contribution in [0, 0.1) is 16.7 Å². The minimum atomic E-state index is 0.334. The van der Waals surface area contributed by atoms with Gasteiger partial charge in [-0.3, -0.25) is 0 Å². The van der Waals surface area contributed by atoms with Gasteiger partial charge in [0, 0.05) is 31.7 Å². The van der Waals surface area contributed by atoms with Crippen LogP contribution in [0.1, 0.15) is 53.4 Å². The maximum absolute atomic E-state index is 5.87. The summed E-state index contributed by atoms with van der Waals surface area (Å²) in [6, 6.07) is 0. The number of rotatable bonds is 6. The van der Waals surface area contributed by atoms with Crippen molar-refractivity contribution in [2.45, 2.75) is 53.4 Å². The molecule has 2 saturated heterocycles. The van der Waals surface area contributed by atoms with Gasteiger partial charge in [0.2, 0.25) is 0 Å². The van der Waals surface area contributed by atoms with Gasteiger partial charge in [-0.2, -0.15) is 0 Å². The third-order valence-corrected chi connectivity index (χ3v) is 5.00. The van der Waals surface area contributed by atoms with E-state index in [0.717, 1.165) is 32.2 Å². The van der Waals surface area contributed by atoms with Crippen molar-refractivity contribution in [3.8, 4) is 0 Å². The molecule has 0 radical (unpaired) electrons. The van der Waals surface area contributed by atoms with Gasteiger partial charge in [-0.1, -0.05) is 27.7 Å². The van der Waals surface area contributed by atoms with Crippen LogP contribution in [0.4, 0.5) is 0 Å². The first kappa shape index (κ1) is 17.2. The van der Waals surface area contributed by atoms with Crippen molar-refractivity contribution in [3.63, 3.8) is 0 Å². The minimum Gasteiger partial charge on any atom is -0.381 e. The van der Waals surface area contributed by atoms with Gasteiger partial charge >= 0.3 is 0 Å². The van der Waals surface area contributed by atoms with E-state index in [2.05, 4.69) is 37.9 Å². The summed E-state index contributed by atoms with van der Waals surface area (Å²) in [6.45, 7) is 17.3. The minimum absolute atomic E-state index is 0.334. The number of hydrogen-bond acceptors (Lipinski definition) is 3. The lowest BCUT2D eigenvalue weighted by Gasteiger charge is -2.45. The molecule has 3 heteroatoms. The lowest BCUT2D eigenvalue weighted by Crippen LogP contribution is -2.52. The van der Waals surface area contributed by atoms with Crippen molar-refractivity contribution in [2.75, 3.05) is 45.9 Å². The second kappa shape index (κ2) is 7.43. The van der Waals surface area contributed by atoms with Gasteiger partial charge in [0.25, 0.3) is 0 Å². The van der Waals surface area contributed by atoms with E-state index >= 15 is 0 Å². The standard InChI is InChI=1S/C18H36N2O/c1-16(2)11-19-12-18(8-6-10-21-15-18)14-20-9-5-7-17(3,4)13-20/h16,19H,5-15H2,1-4H3. The Bertz CT molecular complexity index is 308. The molecule has 0 bridgehead atoms. The molecule has 21 heavy (non-hydrogen) atoms. The predicted octanol–water partition coefficient (Wildman–Crippen LogP) is 3.15. The lowest BCUT2D eigenvalue weighted by molar-refractivity contribution is -0.0371. The molecular formula is C18H36N2O. The maximum Gasteiger partial charge on any atom is 0.0546 e. The number of nitrogens with zero attached hydrogens (tertiary/aromatic N) is 1. The summed E-state index contributed by atoms with van der Waals surface area (Å²) in [5.74, 6) is 0.723. The average molecular weight is 296 g/mol. The molecule has 124 valence electrons. The Hall–Kier alpha value is -0.120. The van der Waals surface area contributed by atoms with Crippen molar-refractivity contribution in [1.29, 1.82) is 0 Å². The monoisotopic (exact) mass is 296 g/mol. The zero-order valence-corrected chi connectivity index (χ0v) is 14.7. The fourth-order valence-corrected chi connectivity index (χ4v) is 4.01. The molecule has 1 N–H and O–H groups in total. The fraction of sp³-hybridized carbons (Fsp3) is 1.00. The smallest absolute Gasteiger partial charge is 0.0546 e. The van der Waals surface area contributed by atoms with Gasteiger partial charge in [0.1, 0.15) is 0 Å². The Balaban J connectivity index is 1.92. The summed E-state index contributed by atoms with van der Waals surface area (Å²) < 4.78 is 5.87. The molecule has 1 atom stereocenters. The molecule has 0 amide bonds. The van der Waals surface area contributed by atoms with Crippen molar-refractivity contribution in [3.05, 3.63) is 0 Å². The van der Waals surface area contributed by atoms with Crippen LogP contribution in [0.5, 0.6) is 0 Å². The van der Waals surface area contributed by atoms with Crippen LogP contribution in [-0.2, 0) is 4.74 Å². The molecular weight excluding hydrogens is 260 g/mol. The molecule has 1 unspecified atom stereocenters. The second-order valence-electron chi connectivity index (χ2n) is 8.66. The Kier molecular flexibility index (Phi) is 6.10. The van der Waals surface area contributed by atoms with E-state index in [1.165, 1.54) is 45.3 Å². The van der Waals surface area contributed by atoms with Gasteiger partial charge in [0.15, 0.2) is 0 Å². The predicted molar refractivity (Wildman–Crippen MR) is 89.6 cm³/mol. The van der Waals surface area contributed by atoms with Crippen LogP contribution < -0.4 is 5.32 Å². The first-order valence-corrected chi connectivity index (χ1v) is 8.92. The van der Waals surface area contributed by atoms with E-state index in [0.29, 0.717) is 10.8 Å². The highest BCUT2D eigenvalue weighted by Crippen LogP contribution is 2.34. The van der Waals surface area contributed by atoms with Crippen LogP contribution in [0.25, 0.3) is 0 Å². The highest BCUT2D eigenvalue weighted by molar-refractivity contribution is 4.90. The quantitative estimate of drug-likeness (QED) is 0.815. The summed E-state index contributed by atoms with van der Waals surface area (Å²) in [7, 11) is 0. The molecule has 3 nitrogen and oxygen atoms in total. The van der Waals surface area contributed by atoms with Crippen LogP contribution in [0.3, 0.4) is 0 Å². The van der Waals surface area contributed by atoms with Gasteiger partial charge in [0.05, 0.1) is 6.61 Å². The van der Waals surface area contributed by atoms with Crippen LogP contribution in [-0.4, -0.2) is 50.8 Å². The van der Waals surface area contributed by atoms with Crippen molar-refractivity contribution >= 4 is 0 Å². The molecule has 0 spiro atoms. The van der Waals surface area contributed by atoms with Crippen molar-refractivity contribution in [2.24, 2.45) is 16.7 Å². The second-order valence-corrected chi connectivity index (χ2v) is 8.66. The largest absolute Gasteiger partial charge is 0.381 e. The first-order chi connectivity index (χ1) is 9.91. The van der Waals surface area contributed by atoms with Crippen LogP contribution >= 0.6 is 0 Å². The summed E-state index contributed by atoms with van der Waals surface area (Å²) in [5.41, 5.74) is 0.820. The van der Waals surface area contributed by atoms with Gasteiger partial charge in [-0.05, 0) is 50.1 Å². The highest BCUT2D eigenvalue weighted by Gasteiger charge is 2.37. The molecule has 0 aromatic carbocycles. The molecule has 2 aliphatic heterocycles. The Morgan fingerprint density at radius 1 is 1.19 bits per heavy atom.